The molecule has 1 aromatic heterocycles. The first kappa shape index (κ1) is 16.4. The number of carbonyl (C=O) groups is 2. The van der Waals surface area contributed by atoms with Gasteiger partial charge >= 0.3 is 5.97 Å². The number of hydrogen-bond donors (Lipinski definition) is 2. The van der Waals surface area contributed by atoms with Crippen LogP contribution in [0, 0.1) is 0 Å². The average Bonchev–Trinajstić information content (AvgIpc) is 2.82. The van der Waals surface area contributed by atoms with Gasteiger partial charge in [0.05, 0.1) is 4.88 Å². The number of rotatable bonds is 7. The van der Waals surface area contributed by atoms with Gasteiger partial charge in [-0.2, -0.15) is 0 Å². The number of aliphatic carboxylic acids is 1. The van der Waals surface area contributed by atoms with E-state index < -0.39 is 5.97 Å². The summed E-state index contributed by atoms with van der Waals surface area (Å²) in [5.41, 5.74) is 0.634. The number of nitrogens with zero attached hydrogens (tertiary/aromatic N) is 1. The Kier molecular flexibility index (Phi) is 6.41. The van der Waals surface area contributed by atoms with Gasteiger partial charge in [-0.05, 0) is 57.1 Å². The molecule has 0 saturated carbocycles. The second-order valence-electron chi connectivity index (χ2n) is 4.84. The smallest absolute Gasteiger partial charge is 0.328 e. The number of nitrogens with one attached hydrogen (secondary N) is 1. The lowest BCUT2D eigenvalue weighted by Gasteiger charge is -2.16. The van der Waals surface area contributed by atoms with E-state index >= 15 is 0 Å². The Labute approximate surface area is 122 Å². The lowest BCUT2D eigenvalue weighted by atomic mass is 10.2. The van der Waals surface area contributed by atoms with Gasteiger partial charge in [0.15, 0.2) is 0 Å². The molecule has 110 valence electrons. The fraction of sp³-hybridized carbons (Fsp3) is 0.429. The van der Waals surface area contributed by atoms with Crippen molar-refractivity contribution in [2.75, 3.05) is 20.6 Å². The molecule has 1 heterocycles. The zero-order valence-corrected chi connectivity index (χ0v) is 12.7. The van der Waals surface area contributed by atoms with E-state index in [2.05, 4.69) is 10.2 Å². The number of hydrogen-bond acceptors (Lipinski definition) is 4. The van der Waals surface area contributed by atoms with E-state index in [4.69, 9.17) is 5.11 Å². The molecule has 5 nitrogen and oxygen atoms in total. The van der Waals surface area contributed by atoms with Gasteiger partial charge in [-0.15, -0.1) is 11.3 Å². The molecule has 1 unspecified atom stereocenters. The highest BCUT2D eigenvalue weighted by Gasteiger charge is 2.14. The van der Waals surface area contributed by atoms with Crippen LogP contribution in [0.1, 0.15) is 28.6 Å². The Morgan fingerprint density at radius 1 is 1.50 bits per heavy atom. The highest BCUT2D eigenvalue weighted by Crippen LogP contribution is 2.18. The quantitative estimate of drug-likeness (QED) is 0.754. The lowest BCUT2D eigenvalue weighted by Crippen LogP contribution is -2.34. The van der Waals surface area contributed by atoms with Gasteiger partial charge in [0.1, 0.15) is 0 Å². The third kappa shape index (κ3) is 5.54. The second-order valence-corrected chi connectivity index (χ2v) is 5.76. The van der Waals surface area contributed by atoms with Crippen LogP contribution in [0.5, 0.6) is 0 Å². The second kappa shape index (κ2) is 7.81. The van der Waals surface area contributed by atoms with Crippen molar-refractivity contribution in [1.29, 1.82) is 0 Å². The number of carbonyl (C=O) groups excluding carboxylic acids is 1. The summed E-state index contributed by atoms with van der Waals surface area (Å²) in [6.07, 6.45) is 3.34. The molecule has 2 N–H and O–H groups in total. The molecule has 1 atom stereocenters. The van der Waals surface area contributed by atoms with Crippen molar-refractivity contribution in [3.8, 4) is 0 Å². The fourth-order valence-corrected chi connectivity index (χ4v) is 2.40. The molecule has 1 aromatic rings. The summed E-state index contributed by atoms with van der Waals surface area (Å²) >= 11 is 1.31. The van der Waals surface area contributed by atoms with E-state index in [1.165, 1.54) is 17.4 Å². The van der Waals surface area contributed by atoms with E-state index in [1.54, 1.807) is 11.4 Å². The van der Waals surface area contributed by atoms with Gasteiger partial charge in [-0.3, -0.25) is 4.79 Å². The van der Waals surface area contributed by atoms with Crippen molar-refractivity contribution in [3.05, 3.63) is 28.0 Å². The Bertz CT molecular complexity index is 494. The topological polar surface area (TPSA) is 69.6 Å². The maximum absolute atomic E-state index is 12.1. The van der Waals surface area contributed by atoms with Gasteiger partial charge in [0, 0.05) is 12.1 Å². The summed E-state index contributed by atoms with van der Waals surface area (Å²) in [5, 5.41) is 13.3. The van der Waals surface area contributed by atoms with Crippen molar-refractivity contribution in [2.24, 2.45) is 0 Å². The number of thiophene rings is 1. The van der Waals surface area contributed by atoms with E-state index in [0.717, 1.165) is 19.0 Å². The third-order valence-electron chi connectivity index (χ3n) is 2.69. The molecule has 1 amide bonds. The SMILES string of the molecule is CC(CCN(C)C)NC(=O)c1sccc1C=CC(=O)O. The molecule has 0 saturated heterocycles. The molecular weight excluding hydrogens is 276 g/mol. The highest BCUT2D eigenvalue weighted by molar-refractivity contribution is 7.12. The molecule has 0 aliphatic rings. The average molecular weight is 296 g/mol. The molecule has 20 heavy (non-hydrogen) atoms. The monoisotopic (exact) mass is 296 g/mol. The molecule has 0 aliphatic carbocycles. The number of amides is 1. The Balaban J connectivity index is 2.64. The largest absolute Gasteiger partial charge is 0.478 e. The molecule has 0 spiro atoms. The molecular formula is C14H20N2O3S. The van der Waals surface area contributed by atoms with E-state index in [0.29, 0.717) is 10.4 Å². The summed E-state index contributed by atoms with van der Waals surface area (Å²) in [4.78, 5) is 25.2. The summed E-state index contributed by atoms with van der Waals surface area (Å²) in [6, 6.07) is 1.81. The summed E-state index contributed by atoms with van der Waals surface area (Å²) < 4.78 is 0. The predicted octanol–water partition coefficient (Wildman–Crippen LogP) is 1.92. The first-order valence-corrected chi connectivity index (χ1v) is 7.22. The van der Waals surface area contributed by atoms with Crippen LogP contribution in [0.4, 0.5) is 0 Å². The van der Waals surface area contributed by atoms with Gasteiger partial charge in [0.25, 0.3) is 5.91 Å². The van der Waals surface area contributed by atoms with Crippen molar-refractivity contribution in [3.63, 3.8) is 0 Å². The Hall–Kier alpha value is -1.66. The maximum Gasteiger partial charge on any atom is 0.328 e. The van der Waals surface area contributed by atoms with Crippen LogP contribution in [0.3, 0.4) is 0 Å². The van der Waals surface area contributed by atoms with E-state index in [1.807, 2.05) is 21.0 Å². The van der Waals surface area contributed by atoms with Crippen molar-refractivity contribution in [2.45, 2.75) is 19.4 Å². The van der Waals surface area contributed by atoms with Gasteiger partial charge in [-0.25, -0.2) is 4.79 Å². The molecule has 1 rings (SSSR count). The fourth-order valence-electron chi connectivity index (χ4n) is 1.61. The van der Waals surface area contributed by atoms with Crippen LogP contribution in [-0.2, 0) is 4.79 Å². The molecule has 0 radical (unpaired) electrons. The molecule has 0 bridgehead atoms. The van der Waals surface area contributed by atoms with Gasteiger partial charge < -0.3 is 15.3 Å². The van der Waals surface area contributed by atoms with E-state index in [9.17, 15) is 9.59 Å². The standard InChI is InChI=1S/C14H20N2O3S/c1-10(6-8-16(2)3)15-14(19)13-11(7-9-20-13)4-5-12(17)18/h4-5,7,9-10H,6,8H2,1-3H3,(H,15,19)(H,17,18). The van der Waals surface area contributed by atoms with Crippen LogP contribution in [0.15, 0.2) is 17.5 Å². The third-order valence-corrected chi connectivity index (χ3v) is 3.62. The first-order chi connectivity index (χ1) is 9.40. The van der Waals surface area contributed by atoms with Gasteiger partial charge in [0.2, 0.25) is 0 Å². The molecule has 0 fully saturated rings. The van der Waals surface area contributed by atoms with Crippen LogP contribution in [0.25, 0.3) is 6.08 Å². The van der Waals surface area contributed by atoms with Crippen LogP contribution in [0.2, 0.25) is 0 Å². The predicted molar refractivity (Wildman–Crippen MR) is 81.1 cm³/mol. The first-order valence-electron chi connectivity index (χ1n) is 6.34. The van der Waals surface area contributed by atoms with Crippen LogP contribution in [-0.4, -0.2) is 48.6 Å². The summed E-state index contributed by atoms with van der Waals surface area (Å²) in [6.45, 7) is 2.86. The zero-order valence-electron chi connectivity index (χ0n) is 11.9. The van der Waals surface area contributed by atoms with Crippen LogP contribution >= 0.6 is 11.3 Å². The maximum atomic E-state index is 12.1. The van der Waals surface area contributed by atoms with Crippen molar-refractivity contribution < 1.29 is 14.7 Å². The van der Waals surface area contributed by atoms with Crippen molar-refractivity contribution >= 4 is 29.3 Å². The Morgan fingerprint density at radius 3 is 2.80 bits per heavy atom. The summed E-state index contributed by atoms with van der Waals surface area (Å²) in [5.74, 6) is -1.18. The van der Waals surface area contributed by atoms with Gasteiger partial charge in [-0.1, -0.05) is 0 Å². The molecule has 0 aliphatic heterocycles. The molecule has 0 aromatic carbocycles. The normalized spacial score (nSPS) is 12.8. The van der Waals surface area contributed by atoms with E-state index in [-0.39, 0.29) is 11.9 Å². The minimum Gasteiger partial charge on any atom is -0.478 e. The molecule has 6 heteroatoms. The lowest BCUT2D eigenvalue weighted by molar-refractivity contribution is -0.131. The highest BCUT2D eigenvalue weighted by atomic mass is 32.1. The van der Waals surface area contributed by atoms with Crippen molar-refractivity contribution in [1.82, 2.24) is 10.2 Å². The number of carboxylic acids is 1. The summed E-state index contributed by atoms with van der Waals surface area (Å²) in [7, 11) is 3.98. The van der Waals surface area contributed by atoms with Crippen LogP contribution < -0.4 is 5.32 Å². The number of carboxylic acid groups (broad SMARTS) is 1. The minimum atomic E-state index is -1.03. The zero-order chi connectivity index (χ0) is 15.1. The Morgan fingerprint density at radius 2 is 2.20 bits per heavy atom. The minimum absolute atomic E-state index is 0.0725.